The first-order chi connectivity index (χ1) is 10.1. The molecule has 6 heteroatoms. The van der Waals surface area contributed by atoms with Crippen LogP contribution in [0.5, 0.6) is 0 Å². The standard InChI is InChI=1S/C16H30N2O4/c1-8-14(19)18(11-12-21-7)13(2)9-10-17(6)15(20)22-16(3,4)5/h2,8-12H2,1,3-7H3. The van der Waals surface area contributed by atoms with Gasteiger partial charge in [0, 0.05) is 45.8 Å². The molecule has 0 radical (unpaired) electrons. The molecule has 0 rings (SSSR count). The Morgan fingerprint density at radius 1 is 1.18 bits per heavy atom. The fraction of sp³-hybridized carbons (Fsp3) is 0.750. The lowest BCUT2D eigenvalue weighted by Gasteiger charge is -2.27. The van der Waals surface area contributed by atoms with E-state index in [1.165, 1.54) is 4.90 Å². The van der Waals surface area contributed by atoms with Crippen molar-refractivity contribution in [2.75, 3.05) is 33.9 Å². The van der Waals surface area contributed by atoms with Crippen LogP contribution in [0.2, 0.25) is 0 Å². The molecule has 0 aliphatic rings. The number of carbonyl (C=O) groups excluding carboxylic acids is 2. The highest BCUT2D eigenvalue weighted by atomic mass is 16.6. The Kier molecular flexibility index (Phi) is 8.79. The van der Waals surface area contributed by atoms with Crippen LogP contribution in [0.15, 0.2) is 12.3 Å². The van der Waals surface area contributed by atoms with E-state index in [9.17, 15) is 9.59 Å². The Balaban J connectivity index is 4.49. The van der Waals surface area contributed by atoms with Crippen LogP contribution in [-0.2, 0) is 14.3 Å². The molecule has 0 heterocycles. The number of ether oxygens (including phenoxy) is 2. The highest BCUT2D eigenvalue weighted by Crippen LogP contribution is 2.12. The molecule has 0 saturated carbocycles. The smallest absolute Gasteiger partial charge is 0.410 e. The van der Waals surface area contributed by atoms with Crippen molar-refractivity contribution in [3.05, 3.63) is 12.3 Å². The summed E-state index contributed by atoms with van der Waals surface area (Å²) in [5.41, 5.74) is 0.157. The number of rotatable bonds is 8. The summed E-state index contributed by atoms with van der Waals surface area (Å²) < 4.78 is 10.3. The van der Waals surface area contributed by atoms with E-state index in [4.69, 9.17) is 9.47 Å². The van der Waals surface area contributed by atoms with E-state index in [1.54, 1.807) is 19.1 Å². The van der Waals surface area contributed by atoms with E-state index in [0.29, 0.717) is 38.2 Å². The van der Waals surface area contributed by atoms with Crippen LogP contribution in [-0.4, -0.2) is 61.3 Å². The third-order valence-electron chi connectivity index (χ3n) is 2.95. The maximum absolute atomic E-state index is 11.9. The zero-order valence-corrected chi connectivity index (χ0v) is 14.8. The fourth-order valence-corrected chi connectivity index (χ4v) is 1.70. The van der Waals surface area contributed by atoms with Crippen molar-refractivity contribution in [2.24, 2.45) is 0 Å². The monoisotopic (exact) mass is 314 g/mol. The number of methoxy groups -OCH3 is 1. The number of hydrogen-bond donors (Lipinski definition) is 0. The summed E-state index contributed by atoms with van der Waals surface area (Å²) in [5, 5.41) is 0. The van der Waals surface area contributed by atoms with Crippen molar-refractivity contribution in [1.82, 2.24) is 9.80 Å². The second kappa shape index (κ2) is 9.46. The van der Waals surface area contributed by atoms with Gasteiger partial charge >= 0.3 is 6.09 Å². The molecule has 0 unspecified atom stereocenters. The molecule has 0 aromatic carbocycles. The van der Waals surface area contributed by atoms with Crippen molar-refractivity contribution >= 4 is 12.0 Å². The molecule has 0 N–H and O–H groups in total. The van der Waals surface area contributed by atoms with Crippen LogP contribution in [0.25, 0.3) is 0 Å². The Bertz CT molecular complexity index is 388. The highest BCUT2D eigenvalue weighted by Gasteiger charge is 2.20. The van der Waals surface area contributed by atoms with Crippen LogP contribution >= 0.6 is 0 Å². The second-order valence-corrected chi connectivity index (χ2v) is 6.11. The van der Waals surface area contributed by atoms with Gasteiger partial charge in [0.05, 0.1) is 6.61 Å². The van der Waals surface area contributed by atoms with Crippen LogP contribution < -0.4 is 0 Å². The average Bonchev–Trinajstić information content (AvgIpc) is 2.42. The molecule has 2 amide bonds. The molecule has 0 aliphatic heterocycles. The first-order valence-electron chi connectivity index (χ1n) is 7.53. The van der Waals surface area contributed by atoms with Gasteiger partial charge in [-0.25, -0.2) is 4.79 Å². The fourth-order valence-electron chi connectivity index (χ4n) is 1.70. The summed E-state index contributed by atoms with van der Waals surface area (Å²) in [6, 6.07) is 0. The van der Waals surface area contributed by atoms with Crippen molar-refractivity contribution in [2.45, 2.75) is 46.1 Å². The quantitative estimate of drug-likeness (QED) is 0.691. The van der Waals surface area contributed by atoms with Crippen LogP contribution in [0.3, 0.4) is 0 Å². The van der Waals surface area contributed by atoms with Gasteiger partial charge in [-0.1, -0.05) is 13.5 Å². The van der Waals surface area contributed by atoms with Gasteiger partial charge in [-0.15, -0.1) is 0 Å². The molecule has 0 aromatic rings. The number of nitrogens with zero attached hydrogens (tertiary/aromatic N) is 2. The van der Waals surface area contributed by atoms with E-state index < -0.39 is 5.60 Å². The van der Waals surface area contributed by atoms with Gasteiger partial charge in [0.1, 0.15) is 5.60 Å². The minimum absolute atomic E-state index is 0.00183. The van der Waals surface area contributed by atoms with Gasteiger partial charge in [0.25, 0.3) is 0 Å². The third kappa shape index (κ3) is 8.02. The third-order valence-corrected chi connectivity index (χ3v) is 2.95. The lowest BCUT2D eigenvalue weighted by molar-refractivity contribution is -0.129. The first kappa shape index (κ1) is 20.4. The Hall–Kier alpha value is -1.56. The minimum atomic E-state index is -0.523. The summed E-state index contributed by atoms with van der Waals surface area (Å²) in [6.45, 7) is 12.6. The molecular weight excluding hydrogens is 284 g/mol. The maximum atomic E-state index is 11.9. The summed E-state index contributed by atoms with van der Waals surface area (Å²) in [7, 11) is 3.26. The molecule has 0 bridgehead atoms. The van der Waals surface area contributed by atoms with Crippen LogP contribution in [0.4, 0.5) is 4.79 Å². The van der Waals surface area contributed by atoms with Crippen LogP contribution in [0.1, 0.15) is 40.5 Å². The summed E-state index contributed by atoms with van der Waals surface area (Å²) in [5.74, 6) is 0.00183. The number of amides is 2. The zero-order valence-electron chi connectivity index (χ0n) is 14.8. The largest absolute Gasteiger partial charge is 0.444 e. The maximum Gasteiger partial charge on any atom is 0.410 e. The Labute approximate surface area is 134 Å². The molecule has 22 heavy (non-hydrogen) atoms. The van der Waals surface area contributed by atoms with Crippen molar-refractivity contribution in [3.8, 4) is 0 Å². The average molecular weight is 314 g/mol. The predicted molar refractivity (Wildman–Crippen MR) is 86.5 cm³/mol. The summed E-state index contributed by atoms with van der Waals surface area (Å²) >= 11 is 0. The summed E-state index contributed by atoms with van der Waals surface area (Å²) in [4.78, 5) is 26.9. The molecule has 0 fully saturated rings. The van der Waals surface area contributed by atoms with Gasteiger partial charge in [-0.3, -0.25) is 4.79 Å². The molecular formula is C16H30N2O4. The topological polar surface area (TPSA) is 59.1 Å². The molecule has 0 atom stereocenters. The Morgan fingerprint density at radius 2 is 1.77 bits per heavy atom. The van der Waals surface area contributed by atoms with Gasteiger partial charge < -0.3 is 19.3 Å². The highest BCUT2D eigenvalue weighted by molar-refractivity contribution is 5.77. The zero-order chi connectivity index (χ0) is 17.3. The molecule has 0 spiro atoms. The van der Waals surface area contributed by atoms with Crippen molar-refractivity contribution in [1.29, 1.82) is 0 Å². The minimum Gasteiger partial charge on any atom is -0.444 e. The predicted octanol–water partition coefficient (Wildman–Crippen LogP) is 2.64. The SMILES string of the molecule is C=C(CCN(C)C(=O)OC(C)(C)C)N(CCOC)C(=O)CC. The van der Waals surface area contributed by atoms with E-state index >= 15 is 0 Å². The van der Waals surface area contributed by atoms with Gasteiger partial charge in [-0.2, -0.15) is 0 Å². The summed E-state index contributed by atoms with van der Waals surface area (Å²) in [6.07, 6.45) is 0.529. The van der Waals surface area contributed by atoms with E-state index in [-0.39, 0.29) is 12.0 Å². The van der Waals surface area contributed by atoms with E-state index in [0.717, 1.165) is 0 Å². The molecule has 0 saturated heterocycles. The number of hydrogen-bond acceptors (Lipinski definition) is 4. The molecule has 128 valence electrons. The number of carbonyl (C=O) groups is 2. The molecule has 0 aliphatic carbocycles. The van der Waals surface area contributed by atoms with Crippen molar-refractivity contribution < 1.29 is 19.1 Å². The second-order valence-electron chi connectivity index (χ2n) is 6.11. The van der Waals surface area contributed by atoms with E-state index in [1.807, 2.05) is 27.7 Å². The molecule has 0 aromatic heterocycles. The lowest BCUT2D eigenvalue weighted by atomic mass is 10.2. The van der Waals surface area contributed by atoms with Crippen molar-refractivity contribution in [3.63, 3.8) is 0 Å². The first-order valence-corrected chi connectivity index (χ1v) is 7.53. The molecule has 6 nitrogen and oxygen atoms in total. The Morgan fingerprint density at radius 3 is 2.23 bits per heavy atom. The van der Waals surface area contributed by atoms with Gasteiger partial charge in [-0.05, 0) is 20.8 Å². The van der Waals surface area contributed by atoms with Gasteiger partial charge in [0.2, 0.25) is 5.91 Å². The van der Waals surface area contributed by atoms with Crippen LogP contribution in [0, 0.1) is 0 Å². The lowest BCUT2D eigenvalue weighted by Crippen LogP contribution is -2.37. The van der Waals surface area contributed by atoms with E-state index in [2.05, 4.69) is 6.58 Å². The normalized spacial score (nSPS) is 11.0. The van der Waals surface area contributed by atoms with Gasteiger partial charge in [0.15, 0.2) is 0 Å².